The summed E-state index contributed by atoms with van der Waals surface area (Å²) in [7, 11) is 0. The monoisotopic (exact) mass is 336 g/mol. The average Bonchev–Trinajstić information content (AvgIpc) is 3.29. The Labute approximate surface area is 149 Å². The van der Waals surface area contributed by atoms with Gasteiger partial charge in [-0.2, -0.15) is 0 Å². The van der Waals surface area contributed by atoms with Crippen molar-refractivity contribution in [2.75, 3.05) is 0 Å². The van der Waals surface area contributed by atoms with Crippen LogP contribution >= 0.6 is 0 Å². The van der Waals surface area contributed by atoms with Crippen LogP contribution in [-0.2, 0) is 9.53 Å². The number of rotatable bonds is 5. The molecule has 3 nitrogen and oxygen atoms in total. The zero-order chi connectivity index (χ0) is 18.0. The smallest absolute Gasteiger partial charge is 0.310 e. The number of carbonyl (C=O) groups is 2. The summed E-state index contributed by atoms with van der Waals surface area (Å²) in [5, 5.41) is 0. The molecule has 0 amide bonds. The third kappa shape index (κ3) is 4.16. The van der Waals surface area contributed by atoms with Gasteiger partial charge in [0.15, 0.2) is 5.78 Å². The van der Waals surface area contributed by atoms with Gasteiger partial charge in [0, 0.05) is 17.9 Å². The van der Waals surface area contributed by atoms with Crippen molar-refractivity contribution in [3.05, 3.63) is 71.8 Å². The summed E-state index contributed by atoms with van der Waals surface area (Å²) < 4.78 is 5.58. The van der Waals surface area contributed by atoms with Crippen LogP contribution in [0.4, 0.5) is 0 Å². The fraction of sp³-hybridized carbons (Fsp3) is 0.364. The molecule has 2 aromatic carbocycles. The lowest BCUT2D eigenvalue weighted by molar-refractivity contribution is -0.157. The zero-order valence-corrected chi connectivity index (χ0v) is 14.9. The standard InChI is InChI=1S/C22H24O3/c1-22(2,3)25-21(24)20-17(19(20)16-12-8-5-9-13-16)14-18(23)15-10-6-4-7-11-15/h4-13,17,19-20H,14H2,1-3H3/t17-,19-,20+/m0/s1. The van der Waals surface area contributed by atoms with E-state index in [1.807, 2.05) is 81.4 Å². The normalized spacial score (nSPS) is 22.3. The van der Waals surface area contributed by atoms with E-state index >= 15 is 0 Å². The summed E-state index contributed by atoms with van der Waals surface area (Å²) >= 11 is 0. The molecule has 0 radical (unpaired) electrons. The lowest BCUT2D eigenvalue weighted by atomic mass is 10.0. The second-order valence-electron chi connectivity index (χ2n) is 7.65. The number of esters is 1. The molecule has 3 atom stereocenters. The summed E-state index contributed by atoms with van der Waals surface area (Å²) in [6.45, 7) is 5.61. The predicted octanol–water partition coefficient (Wildman–Crippen LogP) is 4.63. The minimum Gasteiger partial charge on any atom is -0.460 e. The van der Waals surface area contributed by atoms with Gasteiger partial charge in [-0.25, -0.2) is 0 Å². The van der Waals surface area contributed by atoms with Crippen molar-refractivity contribution in [1.29, 1.82) is 0 Å². The second-order valence-corrected chi connectivity index (χ2v) is 7.65. The zero-order valence-electron chi connectivity index (χ0n) is 14.9. The molecule has 0 aliphatic heterocycles. The Bertz CT molecular complexity index is 744. The highest BCUT2D eigenvalue weighted by atomic mass is 16.6. The van der Waals surface area contributed by atoms with Crippen LogP contribution in [-0.4, -0.2) is 17.4 Å². The second kappa shape index (κ2) is 6.83. The van der Waals surface area contributed by atoms with Crippen molar-refractivity contribution < 1.29 is 14.3 Å². The van der Waals surface area contributed by atoms with Crippen LogP contribution in [0.15, 0.2) is 60.7 Å². The SMILES string of the molecule is CC(C)(C)OC(=O)[C@@H]1[C@@H](CC(=O)c2ccccc2)[C@@H]1c1ccccc1. The Morgan fingerprint density at radius 1 is 0.920 bits per heavy atom. The summed E-state index contributed by atoms with van der Waals surface area (Å²) in [6, 6.07) is 19.2. The molecule has 1 fully saturated rings. The molecule has 0 spiro atoms. The summed E-state index contributed by atoms with van der Waals surface area (Å²) in [6.07, 6.45) is 0.369. The van der Waals surface area contributed by atoms with Gasteiger partial charge in [-0.05, 0) is 32.3 Å². The third-order valence-corrected chi connectivity index (χ3v) is 4.55. The van der Waals surface area contributed by atoms with Crippen LogP contribution in [0.2, 0.25) is 0 Å². The Kier molecular flexibility index (Phi) is 4.76. The van der Waals surface area contributed by atoms with Crippen LogP contribution in [0.3, 0.4) is 0 Å². The molecule has 0 heterocycles. The van der Waals surface area contributed by atoms with E-state index < -0.39 is 5.60 Å². The maximum Gasteiger partial charge on any atom is 0.310 e. The molecule has 1 aliphatic carbocycles. The third-order valence-electron chi connectivity index (χ3n) is 4.55. The molecule has 25 heavy (non-hydrogen) atoms. The predicted molar refractivity (Wildman–Crippen MR) is 97.4 cm³/mol. The van der Waals surface area contributed by atoms with E-state index in [2.05, 4.69) is 0 Å². The quantitative estimate of drug-likeness (QED) is 0.590. The molecule has 1 aliphatic rings. The number of benzene rings is 2. The van der Waals surface area contributed by atoms with Crippen LogP contribution in [0.5, 0.6) is 0 Å². The molecule has 0 aromatic heterocycles. The van der Waals surface area contributed by atoms with Gasteiger partial charge in [0.25, 0.3) is 0 Å². The number of ether oxygens (including phenoxy) is 1. The van der Waals surface area contributed by atoms with Gasteiger partial charge < -0.3 is 4.74 Å². The highest BCUT2D eigenvalue weighted by Crippen LogP contribution is 2.57. The molecule has 0 bridgehead atoms. The van der Waals surface area contributed by atoms with E-state index in [9.17, 15) is 9.59 Å². The van der Waals surface area contributed by atoms with Gasteiger partial charge in [0.05, 0.1) is 5.92 Å². The largest absolute Gasteiger partial charge is 0.460 e. The first-order chi connectivity index (χ1) is 11.9. The minimum atomic E-state index is -0.519. The van der Waals surface area contributed by atoms with E-state index in [-0.39, 0.29) is 29.5 Å². The molecule has 1 saturated carbocycles. The Morgan fingerprint density at radius 3 is 2.04 bits per heavy atom. The average molecular weight is 336 g/mol. The number of hydrogen-bond donors (Lipinski definition) is 0. The minimum absolute atomic E-state index is 0.00459. The van der Waals surface area contributed by atoms with Crippen molar-refractivity contribution >= 4 is 11.8 Å². The number of hydrogen-bond acceptors (Lipinski definition) is 3. The summed E-state index contributed by atoms with van der Waals surface area (Å²) in [5.74, 6) is -0.298. The molecular formula is C22H24O3. The molecule has 130 valence electrons. The van der Waals surface area contributed by atoms with E-state index in [4.69, 9.17) is 4.74 Å². The molecule has 3 rings (SSSR count). The van der Waals surface area contributed by atoms with Gasteiger partial charge in [-0.1, -0.05) is 60.7 Å². The number of ketones is 1. The van der Waals surface area contributed by atoms with Gasteiger partial charge in [-0.3, -0.25) is 9.59 Å². The number of carbonyl (C=O) groups excluding carboxylic acids is 2. The van der Waals surface area contributed by atoms with Crippen molar-refractivity contribution in [3.63, 3.8) is 0 Å². The van der Waals surface area contributed by atoms with Crippen molar-refractivity contribution in [1.82, 2.24) is 0 Å². The van der Waals surface area contributed by atoms with Crippen molar-refractivity contribution in [2.24, 2.45) is 11.8 Å². The van der Waals surface area contributed by atoms with E-state index in [1.54, 1.807) is 0 Å². The van der Waals surface area contributed by atoms with Gasteiger partial charge in [0.2, 0.25) is 0 Å². The highest BCUT2D eigenvalue weighted by molar-refractivity contribution is 5.97. The molecule has 0 saturated heterocycles. The molecule has 3 heteroatoms. The van der Waals surface area contributed by atoms with Crippen LogP contribution in [0.25, 0.3) is 0 Å². The van der Waals surface area contributed by atoms with E-state index in [0.29, 0.717) is 12.0 Å². The Balaban J connectivity index is 1.77. The van der Waals surface area contributed by atoms with Crippen LogP contribution < -0.4 is 0 Å². The topological polar surface area (TPSA) is 43.4 Å². The lowest BCUT2D eigenvalue weighted by Crippen LogP contribution is -2.25. The Morgan fingerprint density at radius 2 is 1.48 bits per heavy atom. The Hall–Kier alpha value is -2.42. The van der Waals surface area contributed by atoms with Crippen LogP contribution in [0, 0.1) is 11.8 Å². The first kappa shape index (κ1) is 17.4. The number of Topliss-reactive ketones (excluding diaryl/α,β-unsaturated/α-hetero) is 1. The van der Waals surface area contributed by atoms with Crippen molar-refractivity contribution in [2.45, 2.75) is 38.7 Å². The fourth-order valence-electron chi connectivity index (χ4n) is 3.40. The van der Waals surface area contributed by atoms with E-state index in [0.717, 1.165) is 5.56 Å². The van der Waals surface area contributed by atoms with Gasteiger partial charge >= 0.3 is 5.97 Å². The summed E-state index contributed by atoms with van der Waals surface area (Å²) in [5.41, 5.74) is 1.28. The fourth-order valence-corrected chi connectivity index (χ4v) is 3.40. The molecular weight excluding hydrogens is 312 g/mol. The van der Waals surface area contributed by atoms with Gasteiger partial charge in [0.1, 0.15) is 5.60 Å². The van der Waals surface area contributed by atoms with E-state index in [1.165, 1.54) is 0 Å². The summed E-state index contributed by atoms with van der Waals surface area (Å²) in [4.78, 5) is 25.2. The van der Waals surface area contributed by atoms with Crippen molar-refractivity contribution in [3.8, 4) is 0 Å². The van der Waals surface area contributed by atoms with Gasteiger partial charge in [-0.15, -0.1) is 0 Å². The molecule has 2 aromatic rings. The lowest BCUT2D eigenvalue weighted by Gasteiger charge is -2.19. The highest BCUT2D eigenvalue weighted by Gasteiger charge is 2.57. The first-order valence-electron chi connectivity index (χ1n) is 8.73. The maximum absolute atomic E-state index is 12.6. The maximum atomic E-state index is 12.6. The molecule has 0 unspecified atom stereocenters. The first-order valence-corrected chi connectivity index (χ1v) is 8.73. The molecule has 0 N–H and O–H groups in total. The van der Waals surface area contributed by atoms with Crippen LogP contribution in [0.1, 0.15) is 49.0 Å².